The molecular weight excluding hydrogens is 456 g/mol. The van der Waals surface area contributed by atoms with Crippen molar-refractivity contribution in [2.24, 2.45) is 0 Å². The molecule has 8 nitrogen and oxygen atoms in total. The highest BCUT2D eigenvalue weighted by Gasteiger charge is 2.21. The molecule has 2 aromatic heterocycles. The molecule has 34 heavy (non-hydrogen) atoms. The zero-order valence-electron chi connectivity index (χ0n) is 18.7. The van der Waals surface area contributed by atoms with Crippen molar-refractivity contribution in [2.45, 2.75) is 6.92 Å². The predicted molar refractivity (Wildman–Crippen MR) is 129 cm³/mol. The average Bonchev–Trinajstić information content (AvgIpc) is 3.53. The number of carbonyl (C=O) groups is 2. The largest absolute Gasteiger partial charge is 0.497 e. The summed E-state index contributed by atoms with van der Waals surface area (Å²) in [5.74, 6) is 0.403. The van der Waals surface area contributed by atoms with Crippen molar-refractivity contribution in [2.75, 3.05) is 25.5 Å². The summed E-state index contributed by atoms with van der Waals surface area (Å²) < 4.78 is 12.3. The summed E-state index contributed by atoms with van der Waals surface area (Å²) in [6.07, 6.45) is 3.24. The Morgan fingerprint density at radius 2 is 1.94 bits per heavy atom. The summed E-state index contributed by atoms with van der Waals surface area (Å²) in [4.78, 5) is 31.6. The van der Waals surface area contributed by atoms with E-state index in [4.69, 9.17) is 20.8 Å². The number of halogens is 1. The van der Waals surface area contributed by atoms with E-state index in [-0.39, 0.29) is 24.1 Å². The maximum absolute atomic E-state index is 12.9. The molecule has 0 unspecified atom stereocenters. The number of methoxy groups -OCH3 is 1. The molecule has 0 saturated heterocycles. The fourth-order valence-corrected chi connectivity index (χ4v) is 3.53. The fraction of sp³-hybridized carbons (Fsp3) is 0.160. The molecule has 2 heterocycles. The van der Waals surface area contributed by atoms with Crippen molar-refractivity contribution in [3.8, 4) is 22.7 Å². The molecule has 2 aromatic carbocycles. The number of hydrogen-bond acceptors (Lipinski definition) is 5. The summed E-state index contributed by atoms with van der Waals surface area (Å²) in [7, 11) is 1.59. The zero-order chi connectivity index (χ0) is 24.1. The number of hydrogen-bond donors (Lipinski definition) is 1. The lowest BCUT2D eigenvalue weighted by atomic mass is 10.2. The number of amides is 2. The van der Waals surface area contributed by atoms with Crippen molar-refractivity contribution in [1.82, 2.24) is 14.5 Å². The first-order valence-electron chi connectivity index (χ1n) is 10.6. The first-order chi connectivity index (χ1) is 16.5. The van der Waals surface area contributed by atoms with Gasteiger partial charge in [-0.3, -0.25) is 19.5 Å². The van der Waals surface area contributed by atoms with E-state index in [0.29, 0.717) is 29.0 Å². The van der Waals surface area contributed by atoms with Crippen LogP contribution in [0.15, 0.2) is 77.5 Å². The number of nitrogens with one attached hydrogen (secondary N) is 1. The van der Waals surface area contributed by atoms with E-state index >= 15 is 0 Å². The SMILES string of the molecule is CCN(CC(=O)Nc1nc(-c2ccc(Cl)cc2)cn1-c1cccc(OC)c1)C(=O)c1ccco1. The van der Waals surface area contributed by atoms with E-state index in [0.717, 1.165) is 11.3 Å². The molecule has 4 rings (SSSR count). The highest BCUT2D eigenvalue weighted by atomic mass is 35.5. The maximum Gasteiger partial charge on any atom is 0.290 e. The summed E-state index contributed by atoms with van der Waals surface area (Å²) in [5.41, 5.74) is 2.24. The molecule has 0 bridgehead atoms. The van der Waals surface area contributed by atoms with Gasteiger partial charge in [0, 0.05) is 29.4 Å². The van der Waals surface area contributed by atoms with Gasteiger partial charge in [-0.25, -0.2) is 4.98 Å². The van der Waals surface area contributed by atoms with Gasteiger partial charge >= 0.3 is 0 Å². The van der Waals surface area contributed by atoms with Crippen LogP contribution in [0.4, 0.5) is 5.95 Å². The maximum atomic E-state index is 12.9. The van der Waals surface area contributed by atoms with Gasteiger partial charge < -0.3 is 14.1 Å². The molecule has 9 heteroatoms. The Kier molecular flexibility index (Phi) is 6.98. The van der Waals surface area contributed by atoms with E-state index in [1.807, 2.05) is 42.6 Å². The van der Waals surface area contributed by atoms with Crippen LogP contribution < -0.4 is 10.1 Å². The first-order valence-corrected chi connectivity index (χ1v) is 11.0. The number of imidazole rings is 1. The predicted octanol–water partition coefficient (Wildman–Crippen LogP) is 4.90. The molecule has 0 fully saturated rings. The van der Waals surface area contributed by atoms with Crippen LogP contribution in [0.1, 0.15) is 17.5 Å². The number of rotatable bonds is 8. The van der Waals surface area contributed by atoms with Gasteiger partial charge in [-0.05, 0) is 43.3 Å². The zero-order valence-corrected chi connectivity index (χ0v) is 19.5. The number of carbonyl (C=O) groups excluding carboxylic acids is 2. The molecule has 0 atom stereocenters. The number of aromatic nitrogens is 2. The molecule has 1 N–H and O–H groups in total. The van der Waals surface area contributed by atoms with Crippen LogP contribution in [0.25, 0.3) is 16.9 Å². The minimum absolute atomic E-state index is 0.155. The average molecular weight is 479 g/mol. The quantitative estimate of drug-likeness (QED) is 0.389. The Hall–Kier alpha value is -4.04. The number of furan rings is 1. The molecule has 0 saturated carbocycles. The third-order valence-electron chi connectivity index (χ3n) is 5.16. The van der Waals surface area contributed by atoms with E-state index in [2.05, 4.69) is 10.3 Å². The number of nitrogens with zero attached hydrogens (tertiary/aromatic N) is 3. The standard InChI is InChI=1S/C25H23ClN4O4/c1-3-29(24(32)22-8-5-13-34-22)16-23(31)28-25-27-21(17-9-11-18(26)12-10-17)15-30(25)19-6-4-7-20(14-19)33-2/h4-15H,3,16H2,1-2H3,(H,27,28,31). The number of likely N-dealkylation sites (N-methyl/N-ethyl adjacent to an activating group) is 1. The van der Waals surface area contributed by atoms with Gasteiger partial charge in [0.05, 0.1) is 24.8 Å². The summed E-state index contributed by atoms with van der Waals surface area (Å²) >= 11 is 6.02. The third-order valence-corrected chi connectivity index (χ3v) is 5.42. The van der Waals surface area contributed by atoms with E-state index in [1.165, 1.54) is 11.2 Å². The smallest absolute Gasteiger partial charge is 0.290 e. The number of anilines is 1. The molecule has 4 aromatic rings. The lowest BCUT2D eigenvalue weighted by Gasteiger charge is -2.19. The van der Waals surface area contributed by atoms with E-state index in [1.54, 1.807) is 42.9 Å². The topological polar surface area (TPSA) is 89.6 Å². The first kappa shape index (κ1) is 23.1. The van der Waals surface area contributed by atoms with Crippen LogP contribution in [0.2, 0.25) is 5.02 Å². The normalized spacial score (nSPS) is 10.7. The van der Waals surface area contributed by atoms with Crippen LogP contribution in [-0.4, -0.2) is 46.5 Å². The monoisotopic (exact) mass is 478 g/mol. The van der Waals surface area contributed by atoms with Crippen molar-refractivity contribution in [1.29, 1.82) is 0 Å². The second-order valence-electron chi connectivity index (χ2n) is 7.37. The van der Waals surface area contributed by atoms with Crippen molar-refractivity contribution >= 4 is 29.4 Å². The van der Waals surface area contributed by atoms with Crippen molar-refractivity contribution in [3.05, 3.63) is 83.9 Å². The van der Waals surface area contributed by atoms with Crippen LogP contribution in [0.5, 0.6) is 5.75 Å². The lowest BCUT2D eigenvalue weighted by molar-refractivity contribution is -0.116. The molecule has 0 radical (unpaired) electrons. The molecule has 0 spiro atoms. The van der Waals surface area contributed by atoms with E-state index in [9.17, 15) is 9.59 Å². The number of benzene rings is 2. The lowest BCUT2D eigenvalue weighted by Crippen LogP contribution is -2.38. The van der Waals surface area contributed by atoms with Gasteiger partial charge in [-0.2, -0.15) is 0 Å². The summed E-state index contributed by atoms with van der Waals surface area (Å²) in [6.45, 7) is 1.98. The molecule has 2 amide bonds. The van der Waals surface area contributed by atoms with Crippen LogP contribution in [0, 0.1) is 0 Å². The summed E-state index contributed by atoms with van der Waals surface area (Å²) in [5, 5.41) is 3.45. The Morgan fingerprint density at radius 3 is 2.62 bits per heavy atom. The second-order valence-corrected chi connectivity index (χ2v) is 7.81. The third kappa shape index (κ3) is 5.13. The van der Waals surface area contributed by atoms with Crippen LogP contribution in [-0.2, 0) is 4.79 Å². The Bertz CT molecular complexity index is 1280. The highest BCUT2D eigenvalue weighted by molar-refractivity contribution is 6.30. The van der Waals surface area contributed by atoms with Gasteiger partial charge in [0.25, 0.3) is 5.91 Å². The Morgan fingerprint density at radius 1 is 1.15 bits per heavy atom. The molecular formula is C25H23ClN4O4. The molecule has 0 aliphatic rings. The molecule has 0 aliphatic carbocycles. The van der Waals surface area contributed by atoms with Crippen LogP contribution in [0.3, 0.4) is 0 Å². The van der Waals surface area contributed by atoms with Crippen LogP contribution >= 0.6 is 11.6 Å². The van der Waals surface area contributed by atoms with Gasteiger partial charge in [-0.15, -0.1) is 0 Å². The minimum atomic E-state index is -0.390. The Labute approximate surface area is 201 Å². The van der Waals surface area contributed by atoms with Gasteiger partial charge in [-0.1, -0.05) is 29.8 Å². The fourth-order valence-electron chi connectivity index (χ4n) is 3.41. The van der Waals surface area contributed by atoms with Gasteiger partial charge in [0.15, 0.2) is 5.76 Å². The minimum Gasteiger partial charge on any atom is -0.497 e. The van der Waals surface area contributed by atoms with Crippen molar-refractivity contribution < 1.29 is 18.7 Å². The molecule has 174 valence electrons. The number of ether oxygens (including phenoxy) is 1. The van der Waals surface area contributed by atoms with E-state index < -0.39 is 0 Å². The van der Waals surface area contributed by atoms with Gasteiger partial charge in [0.2, 0.25) is 11.9 Å². The van der Waals surface area contributed by atoms with Crippen molar-refractivity contribution in [3.63, 3.8) is 0 Å². The highest BCUT2D eigenvalue weighted by Crippen LogP contribution is 2.27. The second kappa shape index (κ2) is 10.3. The molecule has 0 aliphatic heterocycles. The van der Waals surface area contributed by atoms with Gasteiger partial charge in [0.1, 0.15) is 12.3 Å². The summed E-state index contributed by atoms with van der Waals surface area (Å²) in [6, 6.07) is 17.9. The Balaban J connectivity index is 1.63.